The van der Waals surface area contributed by atoms with Crippen molar-refractivity contribution in [3.05, 3.63) is 33.9 Å². The lowest BCUT2D eigenvalue weighted by Crippen LogP contribution is -2.07. The minimum absolute atomic E-state index is 0.133. The first-order valence-corrected chi connectivity index (χ1v) is 4.31. The molecule has 0 radical (unpaired) electrons. The zero-order chi connectivity index (χ0) is 8.72. The van der Waals surface area contributed by atoms with Crippen LogP contribution in [-0.2, 0) is 0 Å². The highest BCUT2D eigenvalue weighted by Gasteiger charge is 2.29. The molecular weight excluding hydrogens is 152 g/mol. The molecule has 0 fully saturated rings. The highest BCUT2D eigenvalue weighted by molar-refractivity contribution is 5.29. The van der Waals surface area contributed by atoms with Crippen LogP contribution in [-0.4, -0.2) is 0 Å². The molecule has 64 valence electrons. The molecule has 2 atom stereocenters. The van der Waals surface area contributed by atoms with Crippen molar-refractivity contribution in [3.8, 4) is 0 Å². The number of fused-ring (bicyclic) bond motifs is 1. The van der Waals surface area contributed by atoms with Crippen LogP contribution in [0.2, 0.25) is 0 Å². The van der Waals surface area contributed by atoms with Crippen molar-refractivity contribution in [2.24, 2.45) is 0 Å². The predicted molar refractivity (Wildman–Crippen MR) is 46.4 cm³/mol. The van der Waals surface area contributed by atoms with Gasteiger partial charge in [-0.05, 0) is 12.3 Å². The van der Waals surface area contributed by atoms with E-state index in [1.807, 2.05) is 0 Å². The highest BCUT2D eigenvalue weighted by atomic mass is 16.3. The van der Waals surface area contributed by atoms with E-state index in [9.17, 15) is 4.79 Å². The molecule has 1 aliphatic carbocycles. The molecular formula is C10H12O2. The lowest BCUT2D eigenvalue weighted by Gasteiger charge is -1.99. The molecule has 0 spiro atoms. The normalized spacial score (nSPS) is 27.2. The average molecular weight is 164 g/mol. The Morgan fingerprint density at radius 2 is 2.17 bits per heavy atom. The molecule has 2 nitrogen and oxygen atoms in total. The summed E-state index contributed by atoms with van der Waals surface area (Å²) in [7, 11) is 0. The first-order chi connectivity index (χ1) is 5.70. The molecule has 2 heteroatoms. The first kappa shape index (κ1) is 7.59. The van der Waals surface area contributed by atoms with Crippen molar-refractivity contribution in [2.75, 3.05) is 0 Å². The molecule has 0 aromatic carbocycles. The lowest BCUT2D eigenvalue weighted by atomic mass is 10.1. The largest absolute Gasteiger partial charge is 0.468 e. The van der Waals surface area contributed by atoms with Gasteiger partial charge in [0, 0.05) is 17.5 Å². The van der Waals surface area contributed by atoms with Crippen LogP contribution >= 0.6 is 0 Å². The molecule has 1 aromatic heterocycles. The second-order valence-electron chi connectivity index (χ2n) is 3.60. The van der Waals surface area contributed by atoms with E-state index < -0.39 is 0 Å². The van der Waals surface area contributed by atoms with Crippen molar-refractivity contribution in [1.29, 1.82) is 0 Å². The minimum Gasteiger partial charge on any atom is -0.468 e. The van der Waals surface area contributed by atoms with Crippen molar-refractivity contribution in [1.82, 2.24) is 0 Å². The number of hydrogen-bond acceptors (Lipinski definition) is 2. The van der Waals surface area contributed by atoms with Gasteiger partial charge in [0.05, 0.1) is 6.26 Å². The van der Waals surface area contributed by atoms with Gasteiger partial charge in [0.25, 0.3) is 0 Å². The summed E-state index contributed by atoms with van der Waals surface area (Å²) in [6, 6.07) is 1.51. The van der Waals surface area contributed by atoms with Gasteiger partial charge in [-0.2, -0.15) is 0 Å². The molecule has 1 aliphatic rings. The van der Waals surface area contributed by atoms with Gasteiger partial charge in [-0.25, -0.2) is 0 Å². The molecule has 2 unspecified atom stereocenters. The maximum Gasteiger partial charge on any atom is 0.188 e. The summed E-state index contributed by atoms with van der Waals surface area (Å²) in [6.07, 6.45) is 2.54. The summed E-state index contributed by atoms with van der Waals surface area (Å²) in [5.41, 5.74) is 1.03. The Labute approximate surface area is 71.2 Å². The van der Waals surface area contributed by atoms with E-state index in [2.05, 4.69) is 13.8 Å². The molecule has 0 N–H and O–H groups in total. The van der Waals surface area contributed by atoms with Crippen LogP contribution in [0.3, 0.4) is 0 Å². The molecule has 0 saturated carbocycles. The Bertz CT molecular complexity index is 351. The van der Waals surface area contributed by atoms with E-state index in [4.69, 9.17) is 4.42 Å². The third kappa shape index (κ3) is 0.909. The maximum atomic E-state index is 11.4. The summed E-state index contributed by atoms with van der Waals surface area (Å²) in [5, 5.41) is 0. The Hall–Kier alpha value is -1.05. The average Bonchev–Trinajstić information content (AvgIpc) is 2.29. The predicted octanol–water partition coefficient (Wildman–Crippen LogP) is 2.25. The molecule has 0 saturated heterocycles. The van der Waals surface area contributed by atoms with Crippen LogP contribution in [0.1, 0.15) is 43.4 Å². The van der Waals surface area contributed by atoms with Gasteiger partial charge in [-0.15, -0.1) is 0 Å². The van der Waals surface area contributed by atoms with Crippen molar-refractivity contribution < 1.29 is 4.42 Å². The monoisotopic (exact) mass is 164 g/mol. The molecule has 0 aliphatic heterocycles. The maximum absolute atomic E-state index is 11.4. The second kappa shape index (κ2) is 2.47. The lowest BCUT2D eigenvalue weighted by molar-refractivity contribution is 0.468. The van der Waals surface area contributed by atoms with Gasteiger partial charge in [0.15, 0.2) is 5.43 Å². The van der Waals surface area contributed by atoms with E-state index in [0.29, 0.717) is 11.8 Å². The number of hydrogen-bond donors (Lipinski definition) is 0. The fraction of sp³-hybridized carbons (Fsp3) is 0.500. The summed E-state index contributed by atoms with van der Waals surface area (Å²) in [5.74, 6) is 1.67. The van der Waals surface area contributed by atoms with Gasteiger partial charge >= 0.3 is 0 Å². The zero-order valence-electron chi connectivity index (χ0n) is 7.33. The third-order valence-electron chi connectivity index (χ3n) is 2.59. The third-order valence-corrected chi connectivity index (χ3v) is 2.59. The van der Waals surface area contributed by atoms with Crippen LogP contribution in [0.15, 0.2) is 21.5 Å². The van der Waals surface area contributed by atoms with Gasteiger partial charge in [0.2, 0.25) is 0 Å². The van der Waals surface area contributed by atoms with Crippen LogP contribution in [0.5, 0.6) is 0 Å². The topological polar surface area (TPSA) is 30.2 Å². The molecule has 1 aromatic rings. The molecule has 12 heavy (non-hydrogen) atoms. The molecule has 2 rings (SSSR count). The van der Waals surface area contributed by atoms with Gasteiger partial charge in [0.1, 0.15) is 5.76 Å². The van der Waals surface area contributed by atoms with E-state index in [1.165, 1.54) is 12.3 Å². The minimum atomic E-state index is 0.133. The van der Waals surface area contributed by atoms with Crippen LogP contribution in [0, 0.1) is 0 Å². The molecule has 1 heterocycles. The second-order valence-corrected chi connectivity index (χ2v) is 3.60. The van der Waals surface area contributed by atoms with Gasteiger partial charge in [-0.3, -0.25) is 4.79 Å². The zero-order valence-corrected chi connectivity index (χ0v) is 7.33. The smallest absolute Gasteiger partial charge is 0.188 e. The summed E-state index contributed by atoms with van der Waals surface area (Å²) in [6.45, 7) is 4.19. The van der Waals surface area contributed by atoms with Gasteiger partial charge in [-0.1, -0.05) is 13.8 Å². The Balaban J connectivity index is 2.67. The van der Waals surface area contributed by atoms with Crippen LogP contribution < -0.4 is 5.43 Å². The van der Waals surface area contributed by atoms with E-state index in [0.717, 1.165) is 17.7 Å². The van der Waals surface area contributed by atoms with Crippen molar-refractivity contribution >= 4 is 0 Å². The van der Waals surface area contributed by atoms with E-state index >= 15 is 0 Å². The van der Waals surface area contributed by atoms with Gasteiger partial charge < -0.3 is 4.42 Å². The van der Waals surface area contributed by atoms with Crippen molar-refractivity contribution in [3.63, 3.8) is 0 Å². The van der Waals surface area contributed by atoms with E-state index in [1.54, 1.807) is 0 Å². The summed E-state index contributed by atoms with van der Waals surface area (Å²) >= 11 is 0. The fourth-order valence-corrected chi connectivity index (χ4v) is 2.07. The SMILES string of the molecule is CC1CC(C)c2c1occc2=O. The van der Waals surface area contributed by atoms with Crippen LogP contribution in [0.4, 0.5) is 0 Å². The van der Waals surface area contributed by atoms with E-state index in [-0.39, 0.29) is 5.43 Å². The highest BCUT2D eigenvalue weighted by Crippen LogP contribution is 2.38. The Morgan fingerprint density at radius 3 is 2.83 bits per heavy atom. The van der Waals surface area contributed by atoms with Crippen LogP contribution in [0.25, 0.3) is 0 Å². The molecule has 0 bridgehead atoms. The standard InChI is InChI=1S/C10H12O2/c1-6-5-7(2)10-9(6)8(11)3-4-12-10/h3-4,6-7H,5H2,1-2H3. The quantitative estimate of drug-likeness (QED) is 0.588. The Morgan fingerprint density at radius 1 is 1.42 bits per heavy atom. The first-order valence-electron chi connectivity index (χ1n) is 4.31. The van der Waals surface area contributed by atoms with Crippen molar-refractivity contribution in [2.45, 2.75) is 32.1 Å². The number of rotatable bonds is 0. The molecule has 0 amide bonds. The summed E-state index contributed by atoms with van der Waals surface area (Å²) in [4.78, 5) is 11.4. The fourth-order valence-electron chi connectivity index (χ4n) is 2.07. The summed E-state index contributed by atoms with van der Waals surface area (Å²) < 4.78 is 5.33. The Kier molecular flexibility index (Phi) is 1.56.